The smallest absolute Gasteiger partial charge is 0.184 e. The summed E-state index contributed by atoms with van der Waals surface area (Å²) in [5, 5.41) is 8.80. The number of hydrogen-bond acceptors (Lipinski definition) is 5. The first kappa shape index (κ1) is 22.1. The van der Waals surface area contributed by atoms with Crippen LogP contribution in [0.15, 0.2) is 22.0 Å². The topological polar surface area (TPSA) is 52.4 Å². The van der Waals surface area contributed by atoms with Crippen molar-refractivity contribution < 1.29 is 14.1 Å². The SMILES string of the molecule is CON=C1C=C2CCC3C(CC(O[Si](C)(C)C)C4(C)C(=NOC)CCC34)C2(C)CC1. The van der Waals surface area contributed by atoms with E-state index in [1.54, 1.807) is 19.8 Å². The molecule has 0 bridgehead atoms. The van der Waals surface area contributed by atoms with Crippen molar-refractivity contribution in [1.29, 1.82) is 0 Å². The molecule has 3 fully saturated rings. The van der Waals surface area contributed by atoms with Gasteiger partial charge in [-0.15, -0.1) is 0 Å². The predicted molar refractivity (Wildman–Crippen MR) is 124 cm³/mol. The standard InChI is InChI=1S/C24H40N2O3Si/c1-23-13-12-17(25-27-3)14-16(23)8-9-18-19-10-11-21(26-28-4)24(19,2)22(15-20(18)23)29-30(5,6)7/h14,18-20,22H,8-13,15H2,1-7H3. The average Bonchev–Trinajstić information content (AvgIpc) is 3.00. The Balaban J connectivity index is 1.73. The Morgan fingerprint density at radius 3 is 2.37 bits per heavy atom. The molecule has 0 amide bonds. The molecule has 0 heterocycles. The van der Waals surface area contributed by atoms with Gasteiger partial charge in [-0.25, -0.2) is 0 Å². The number of fused-ring (bicyclic) bond motifs is 5. The van der Waals surface area contributed by atoms with Gasteiger partial charge >= 0.3 is 0 Å². The summed E-state index contributed by atoms with van der Waals surface area (Å²) in [6.07, 6.45) is 10.6. The van der Waals surface area contributed by atoms with E-state index in [2.05, 4.69) is 49.9 Å². The molecule has 0 aromatic rings. The molecule has 0 saturated heterocycles. The molecule has 4 aliphatic rings. The van der Waals surface area contributed by atoms with Crippen molar-refractivity contribution in [2.24, 2.45) is 38.9 Å². The van der Waals surface area contributed by atoms with Crippen LogP contribution < -0.4 is 0 Å². The van der Waals surface area contributed by atoms with Crippen molar-refractivity contribution in [3.05, 3.63) is 11.6 Å². The lowest BCUT2D eigenvalue weighted by molar-refractivity contribution is -0.0853. The molecule has 4 rings (SSSR count). The molecule has 0 N–H and O–H groups in total. The highest BCUT2D eigenvalue weighted by molar-refractivity contribution is 6.69. The molecular weight excluding hydrogens is 392 g/mol. The molecule has 0 aromatic carbocycles. The van der Waals surface area contributed by atoms with Crippen LogP contribution in [0.3, 0.4) is 0 Å². The number of nitrogens with zero attached hydrogens (tertiary/aromatic N) is 2. The maximum atomic E-state index is 6.94. The lowest BCUT2D eigenvalue weighted by Crippen LogP contribution is -2.58. The third-order valence-corrected chi connectivity index (χ3v) is 9.69. The third kappa shape index (κ3) is 3.48. The van der Waals surface area contributed by atoms with Gasteiger partial charge in [-0.2, -0.15) is 0 Å². The summed E-state index contributed by atoms with van der Waals surface area (Å²) >= 11 is 0. The normalized spacial score (nSPS) is 43.6. The largest absolute Gasteiger partial charge is 0.414 e. The van der Waals surface area contributed by atoms with Crippen LogP contribution in [0.4, 0.5) is 0 Å². The van der Waals surface area contributed by atoms with E-state index in [4.69, 9.17) is 14.1 Å². The van der Waals surface area contributed by atoms with Gasteiger partial charge in [0.05, 0.1) is 17.5 Å². The van der Waals surface area contributed by atoms with Gasteiger partial charge < -0.3 is 14.1 Å². The maximum absolute atomic E-state index is 6.94. The summed E-state index contributed by atoms with van der Waals surface area (Å²) in [7, 11) is 1.64. The highest BCUT2D eigenvalue weighted by atomic mass is 28.4. The Hall–Kier alpha value is -1.14. The van der Waals surface area contributed by atoms with E-state index in [0.29, 0.717) is 11.8 Å². The Kier molecular flexibility index (Phi) is 5.71. The molecule has 0 aliphatic heterocycles. The van der Waals surface area contributed by atoms with Crippen molar-refractivity contribution in [3.63, 3.8) is 0 Å². The van der Waals surface area contributed by atoms with Crippen LogP contribution in [-0.4, -0.2) is 40.1 Å². The lowest BCUT2D eigenvalue weighted by atomic mass is 9.46. The molecule has 6 atom stereocenters. The second kappa shape index (κ2) is 7.77. The molecule has 0 aromatic heterocycles. The van der Waals surface area contributed by atoms with E-state index in [1.165, 1.54) is 31.4 Å². The molecule has 0 spiro atoms. The summed E-state index contributed by atoms with van der Waals surface area (Å²) in [6, 6.07) is 0. The second-order valence-corrected chi connectivity index (χ2v) is 15.7. The molecule has 4 aliphatic carbocycles. The molecule has 0 radical (unpaired) electrons. The Bertz CT molecular complexity index is 771. The number of allylic oxidation sites excluding steroid dienone is 2. The van der Waals surface area contributed by atoms with E-state index in [0.717, 1.165) is 30.9 Å². The molecule has 3 saturated carbocycles. The zero-order chi connectivity index (χ0) is 21.7. The van der Waals surface area contributed by atoms with Crippen LogP contribution in [0.5, 0.6) is 0 Å². The van der Waals surface area contributed by atoms with Crippen molar-refractivity contribution in [1.82, 2.24) is 0 Å². The summed E-state index contributed by atoms with van der Waals surface area (Å²) in [5.41, 5.74) is 4.19. The number of rotatable bonds is 4. The van der Waals surface area contributed by atoms with Gasteiger partial charge in [-0.1, -0.05) is 29.7 Å². The summed E-state index contributed by atoms with van der Waals surface area (Å²) in [6.45, 7) is 11.9. The Labute approximate surface area is 183 Å². The second-order valence-electron chi connectivity index (χ2n) is 11.3. The first-order chi connectivity index (χ1) is 14.1. The van der Waals surface area contributed by atoms with Crippen molar-refractivity contribution in [2.45, 2.75) is 84.5 Å². The monoisotopic (exact) mass is 432 g/mol. The Morgan fingerprint density at radius 2 is 1.70 bits per heavy atom. The highest BCUT2D eigenvalue weighted by Gasteiger charge is 2.62. The van der Waals surface area contributed by atoms with Crippen LogP contribution in [-0.2, 0) is 14.1 Å². The van der Waals surface area contributed by atoms with Crippen molar-refractivity contribution in [3.8, 4) is 0 Å². The fourth-order valence-electron chi connectivity index (χ4n) is 7.36. The summed E-state index contributed by atoms with van der Waals surface area (Å²) in [4.78, 5) is 10.4. The van der Waals surface area contributed by atoms with E-state index in [1.807, 2.05) is 0 Å². The minimum atomic E-state index is -1.70. The predicted octanol–water partition coefficient (Wildman–Crippen LogP) is 5.78. The van der Waals surface area contributed by atoms with E-state index in [9.17, 15) is 0 Å². The van der Waals surface area contributed by atoms with Crippen LogP contribution >= 0.6 is 0 Å². The molecule has 168 valence electrons. The van der Waals surface area contributed by atoms with Gasteiger partial charge in [0.2, 0.25) is 0 Å². The zero-order valence-electron chi connectivity index (χ0n) is 20.0. The quantitative estimate of drug-likeness (QED) is 0.418. The zero-order valence-corrected chi connectivity index (χ0v) is 21.0. The van der Waals surface area contributed by atoms with Crippen molar-refractivity contribution >= 4 is 19.7 Å². The van der Waals surface area contributed by atoms with E-state index in [-0.39, 0.29) is 16.9 Å². The average molecular weight is 433 g/mol. The third-order valence-electron chi connectivity index (χ3n) is 8.70. The van der Waals surface area contributed by atoms with Crippen LogP contribution in [0.2, 0.25) is 19.6 Å². The first-order valence-corrected chi connectivity index (χ1v) is 15.1. The first-order valence-electron chi connectivity index (χ1n) is 11.7. The van der Waals surface area contributed by atoms with E-state index >= 15 is 0 Å². The Morgan fingerprint density at radius 1 is 0.967 bits per heavy atom. The molecule has 6 heteroatoms. The summed E-state index contributed by atoms with van der Waals surface area (Å²) < 4.78 is 6.94. The lowest BCUT2D eigenvalue weighted by Gasteiger charge is -2.60. The number of oxime groups is 2. The van der Waals surface area contributed by atoms with Gasteiger partial charge in [0, 0.05) is 5.41 Å². The van der Waals surface area contributed by atoms with Gasteiger partial charge in [-0.05, 0) is 93.8 Å². The molecular formula is C24H40N2O3Si. The maximum Gasteiger partial charge on any atom is 0.184 e. The van der Waals surface area contributed by atoms with Crippen molar-refractivity contribution in [2.75, 3.05) is 14.2 Å². The molecule has 6 unspecified atom stereocenters. The molecule has 5 nitrogen and oxygen atoms in total. The van der Waals surface area contributed by atoms with Crippen LogP contribution in [0, 0.1) is 28.6 Å². The fraction of sp³-hybridized carbons (Fsp3) is 0.833. The van der Waals surface area contributed by atoms with Gasteiger partial charge in [0.25, 0.3) is 0 Å². The minimum absolute atomic E-state index is 0.00632. The molecule has 30 heavy (non-hydrogen) atoms. The van der Waals surface area contributed by atoms with Gasteiger partial charge in [-0.3, -0.25) is 0 Å². The fourth-order valence-corrected chi connectivity index (χ4v) is 8.55. The van der Waals surface area contributed by atoms with E-state index < -0.39 is 8.32 Å². The van der Waals surface area contributed by atoms with Crippen LogP contribution in [0.25, 0.3) is 0 Å². The van der Waals surface area contributed by atoms with Gasteiger partial charge in [0.1, 0.15) is 14.2 Å². The van der Waals surface area contributed by atoms with Crippen LogP contribution in [0.1, 0.15) is 58.8 Å². The minimum Gasteiger partial charge on any atom is -0.414 e. The number of hydrogen-bond donors (Lipinski definition) is 0. The highest BCUT2D eigenvalue weighted by Crippen LogP contribution is 2.65. The summed E-state index contributed by atoms with van der Waals surface area (Å²) in [5.74, 6) is 2.05. The van der Waals surface area contributed by atoms with Gasteiger partial charge in [0.15, 0.2) is 8.32 Å².